The van der Waals surface area contributed by atoms with Crippen molar-refractivity contribution in [1.29, 1.82) is 0 Å². The van der Waals surface area contributed by atoms with E-state index in [0.717, 1.165) is 0 Å². The molecular formula is C28H28N2Si2. The number of fused-ring (bicyclic) bond motifs is 6. The maximum absolute atomic E-state index is 3.78. The van der Waals surface area contributed by atoms with E-state index >= 15 is 0 Å². The number of H-pyrrole nitrogens is 2. The highest BCUT2D eigenvalue weighted by Gasteiger charge is 2.45. The Balaban J connectivity index is 1.61. The topological polar surface area (TPSA) is 31.6 Å². The highest BCUT2D eigenvalue weighted by atomic mass is 29.3. The van der Waals surface area contributed by atoms with Gasteiger partial charge in [0.2, 0.25) is 0 Å². The van der Waals surface area contributed by atoms with Gasteiger partial charge in [0.25, 0.3) is 0 Å². The van der Waals surface area contributed by atoms with Crippen LogP contribution in [0.5, 0.6) is 0 Å². The zero-order chi connectivity index (χ0) is 22.1. The molecule has 0 bridgehead atoms. The van der Waals surface area contributed by atoms with Gasteiger partial charge in [-0.15, -0.1) is 0 Å². The van der Waals surface area contributed by atoms with Crippen LogP contribution in [0.3, 0.4) is 0 Å². The van der Waals surface area contributed by atoms with Gasteiger partial charge >= 0.3 is 0 Å². The fourth-order valence-corrected chi connectivity index (χ4v) is 14.8. The Morgan fingerprint density at radius 1 is 0.438 bits per heavy atom. The lowest BCUT2D eigenvalue weighted by Crippen LogP contribution is -2.69. The van der Waals surface area contributed by atoms with E-state index in [1.807, 2.05) is 0 Å². The number of para-hydroxylation sites is 4. The zero-order valence-electron chi connectivity index (χ0n) is 19.1. The summed E-state index contributed by atoms with van der Waals surface area (Å²) in [6.07, 6.45) is 0. The number of nitrogens with one attached hydrogen (secondary N) is 2. The first-order valence-corrected chi connectivity index (χ1v) is 18.4. The summed E-state index contributed by atoms with van der Waals surface area (Å²) < 4.78 is 0. The van der Waals surface area contributed by atoms with Gasteiger partial charge in [-0.3, -0.25) is 0 Å². The summed E-state index contributed by atoms with van der Waals surface area (Å²) in [4.78, 5) is 7.57. The Kier molecular flexibility index (Phi) is 4.10. The highest BCUT2D eigenvalue weighted by molar-refractivity contribution is 7.50. The Bertz CT molecular complexity index is 1510. The molecule has 4 heteroatoms. The van der Waals surface area contributed by atoms with Gasteiger partial charge in [0.1, 0.15) is 0 Å². The van der Waals surface area contributed by atoms with E-state index in [-0.39, 0.29) is 0 Å². The van der Waals surface area contributed by atoms with Crippen LogP contribution in [0.1, 0.15) is 0 Å². The summed E-state index contributed by atoms with van der Waals surface area (Å²) in [6.45, 7) is 10.3. The van der Waals surface area contributed by atoms with Crippen molar-refractivity contribution >= 4 is 69.2 Å². The second-order valence-electron chi connectivity index (χ2n) is 10.0. The van der Waals surface area contributed by atoms with Crippen LogP contribution in [-0.4, -0.2) is 25.2 Å². The number of benzene rings is 4. The predicted molar refractivity (Wildman–Crippen MR) is 146 cm³/mol. The quantitative estimate of drug-likeness (QED) is 0.287. The Morgan fingerprint density at radius 3 is 1.25 bits per heavy atom. The largest absolute Gasteiger partial charge is 0.355 e. The van der Waals surface area contributed by atoms with E-state index in [4.69, 9.17) is 0 Å². The normalized spacial score (nSPS) is 13.0. The van der Waals surface area contributed by atoms with Crippen molar-refractivity contribution in [2.45, 2.75) is 26.2 Å². The van der Waals surface area contributed by atoms with Gasteiger partial charge in [0.15, 0.2) is 0 Å². The lowest BCUT2D eigenvalue weighted by Gasteiger charge is -2.39. The summed E-state index contributed by atoms with van der Waals surface area (Å²) in [7, 11) is -3.71. The lowest BCUT2D eigenvalue weighted by molar-refractivity contribution is 1.55. The molecule has 2 nitrogen and oxygen atoms in total. The monoisotopic (exact) mass is 448 g/mol. The molecule has 6 rings (SSSR count). The summed E-state index contributed by atoms with van der Waals surface area (Å²) >= 11 is 0. The highest BCUT2D eigenvalue weighted by Crippen LogP contribution is 2.31. The average molecular weight is 449 g/mol. The molecule has 158 valence electrons. The molecule has 0 atom stereocenters. The molecule has 0 aliphatic carbocycles. The van der Waals surface area contributed by atoms with Gasteiger partial charge in [0, 0.05) is 43.6 Å². The minimum absolute atomic E-state index is 1.23. The van der Waals surface area contributed by atoms with E-state index in [1.54, 1.807) is 10.4 Å². The van der Waals surface area contributed by atoms with Crippen LogP contribution in [0.25, 0.3) is 43.6 Å². The van der Waals surface area contributed by atoms with E-state index in [0.29, 0.717) is 0 Å². The van der Waals surface area contributed by atoms with Crippen LogP contribution in [0.4, 0.5) is 0 Å². The molecule has 2 N–H and O–H groups in total. The molecule has 0 saturated carbocycles. The number of hydrogen-bond donors (Lipinski definition) is 2. The maximum atomic E-state index is 3.78. The van der Waals surface area contributed by atoms with E-state index in [1.165, 1.54) is 43.6 Å². The van der Waals surface area contributed by atoms with E-state index in [9.17, 15) is 0 Å². The van der Waals surface area contributed by atoms with Crippen molar-refractivity contribution in [3.63, 3.8) is 0 Å². The molecule has 4 aromatic carbocycles. The predicted octanol–water partition coefficient (Wildman–Crippen LogP) is 6.57. The van der Waals surface area contributed by atoms with Crippen LogP contribution in [0, 0.1) is 0 Å². The molecule has 0 fully saturated rings. The molecule has 0 saturated heterocycles. The van der Waals surface area contributed by atoms with E-state index < -0.39 is 15.2 Å². The summed E-state index contributed by atoms with van der Waals surface area (Å²) in [6, 6.07) is 31.2. The fraction of sp³-hybridized carbons (Fsp3) is 0.143. The standard InChI is InChI=1S/C28H28N2Si2/c1-31(2,25-17-9-13-21-19-11-5-7-15-23(19)29-27(21)25)32(3,4)26-18-10-14-22-20-12-6-8-16-24(20)30-28(22)26/h5-18,29-30H,1-4H3. The minimum Gasteiger partial charge on any atom is -0.355 e. The molecule has 2 heterocycles. The van der Waals surface area contributed by atoms with Gasteiger partial charge in [-0.2, -0.15) is 0 Å². The number of rotatable bonds is 3. The molecule has 0 radical (unpaired) electrons. The minimum atomic E-state index is -1.85. The molecule has 0 aliphatic rings. The third kappa shape index (κ3) is 2.57. The molecule has 0 unspecified atom stereocenters. The number of hydrogen-bond acceptors (Lipinski definition) is 0. The second-order valence-corrected chi connectivity index (χ2v) is 25.1. The maximum Gasteiger partial charge on any atom is 0.0819 e. The van der Waals surface area contributed by atoms with Gasteiger partial charge in [-0.1, -0.05) is 99.0 Å². The molecule has 32 heavy (non-hydrogen) atoms. The van der Waals surface area contributed by atoms with Crippen molar-refractivity contribution in [2.24, 2.45) is 0 Å². The molecule has 0 aliphatic heterocycles. The second kappa shape index (κ2) is 6.71. The van der Waals surface area contributed by atoms with Crippen molar-refractivity contribution in [2.75, 3.05) is 0 Å². The first-order valence-electron chi connectivity index (χ1n) is 11.4. The summed E-state index contributed by atoms with van der Waals surface area (Å²) in [5, 5.41) is 8.46. The third-order valence-corrected chi connectivity index (χ3v) is 25.6. The number of aromatic nitrogens is 2. The molecule has 2 aromatic heterocycles. The van der Waals surface area contributed by atoms with Crippen LogP contribution < -0.4 is 10.4 Å². The average Bonchev–Trinajstić information content (AvgIpc) is 3.37. The van der Waals surface area contributed by atoms with E-state index in [2.05, 4.69) is 121 Å². The van der Waals surface area contributed by atoms with Crippen molar-refractivity contribution in [3.8, 4) is 0 Å². The van der Waals surface area contributed by atoms with Crippen LogP contribution in [0.15, 0.2) is 84.9 Å². The van der Waals surface area contributed by atoms with Gasteiger partial charge in [0.05, 0.1) is 15.2 Å². The molecule has 0 spiro atoms. The van der Waals surface area contributed by atoms with Crippen molar-refractivity contribution in [3.05, 3.63) is 84.9 Å². The van der Waals surface area contributed by atoms with Crippen LogP contribution in [0.2, 0.25) is 26.2 Å². The first kappa shape index (κ1) is 19.6. The van der Waals surface area contributed by atoms with Crippen LogP contribution in [-0.2, 0) is 0 Å². The SMILES string of the molecule is C[Si](C)(c1cccc2c1[nH]c1ccccc12)[Si](C)(C)c1cccc2c1[nH]c1ccccc12. The third-order valence-electron chi connectivity index (χ3n) is 7.99. The Morgan fingerprint density at radius 2 is 0.812 bits per heavy atom. The van der Waals surface area contributed by atoms with Crippen molar-refractivity contribution < 1.29 is 0 Å². The summed E-state index contributed by atoms with van der Waals surface area (Å²) in [5.74, 6) is 0. The Hall–Kier alpha value is -3.09. The number of aromatic amines is 2. The molecular weight excluding hydrogens is 420 g/mol. The van der Waals surface area contributed by atoms with Gasteiger partial charge in [-0.05, 0) is 22.5 Å². The molecule has 6 aromatic rings. The first-order chi connectivity index (χ1) is 15.4. The smallest absolute Gasteiger partial charge is 0.0819 e. The fourth-order valence-electron chi connectivity index (χ4n) is 5.46. The summed E-state index contributed by atoms with van der Waals surface area (Å²) in [5.41, 5.74) is 5.15. The Labute approximate surface area is 190 Å². The van der Waals surface area contributed by atoms with Crippen LogP contribution >= 0.6 is 0 Å². The lowest BCUT2D eigenvalue weighted by atomic mass is 10.1. The van der Waals surface area contributed by atoms with Gasteiger partial charge < -0.3 is 9.97 Å². The van der Waals surface area contributed by atoms with Gasteiger partial charge in [-0.25, -0.2) is 0 Å². The van der Waals surface area contributed by atoms with Crippen molar-refractivity contribution in [1.82, 2.24) is 9.97 Å². The molecule has 0 amide bonds. The zero-order valence-corrected chi connectivity index (χ0v) is 21.1.